The molecule has 0 saturated heterocycles. The summed E-state index contributed by atoms with van der Waals surface area (Å²) in [6, 6.07) is 13.0. The number of amides is 2. The molecule has 0 saturated carbocycles. The number of aromatic nitrogens is 1. The summed E-state index contributed by atoms with van der Waals surface area (Å²) in [5, 5.41) is 7.40. The predicted octanol–water partition coefficient (Wildman–Crippen LogP) is 4.25. The molecule has 0 radical (unpaired) electrons. The average molecular weight is 394 g/mol. The summed E-state index contributed by atoms with van der Waals surface area (Å²) in [5.74, 6) is -0.00470. The van der Waals surface area contributed by atoms with Gasteiger partial charge in [-0.25, -0.2) is 4.98 Å². The monoisotopic (exact) mass is 393 g/mol. The number of hydrogen-bond donors (Lipinski definition) is 2. The number of benzene rings is 2. The lowest BCUT2D eigenvalue weighted by atomic mass is 10.0. The Hall–Kier alpha value is -2.86. The normalized spacial score (nSPS) is 10.7. The smallest absolute Gasteiger partial charge is 0.251 e. The summed E-state index contributed by atoms with van der Waals surface area (Å²) in [5.41, 5.74) is 5.74. The van der Waals surface area contributed by atoms with Crippen molar-refractivity contribution >= 4 is 40.2 Å². The molecule has 0 bridgehead atoms. The first-order valence-electron chi connectivity index (χ1n) is 9.01. The molecular weight excluding hydrogens is 370 g/mol. The molecule has 2 aromatic carbocycles. The molecule has 3 rings (SSSR count). The number of hydrogen-bond acceptors (Lipinski definition) is 4. The molecule has 3 aromatic rings. The highest BCUT2D eigenvalue weighted by Gasteiger charge is 2.10. The number of nitrogens with zero attached hydrogens (tertiary/aromatic N) is 1. The van der Waals surface area contributed by atoms with Crippen LogP contribution in [0.3, 0.4) is 0 Å². The van der Waals surface area contributed by atoms with Crippen LogP contribution in [0, 0.1) is 20.8 Å². The fraction of sp³-hybridized carbons (Fsp3) is 0.227. The summed E-state index contributed by atoms with van der Waals surface area (Å²) in [6.07, 6.45) is 0. The van der Waals surface area contributed by atoms with Gasteiger partial charge in [0, 0.05) is 23.7 Å². The number of pyridine rings is 1. The Balaban J connectivity index is 1.67. The molecule has 6 heteroatoms. The van der Waals surface area contributed by atoms with Gasteiger partial charge in [0.1, 0.15) is 0 Å². The third-order valence-corrected chi connectivity index (χ3v) is 5.61. The maximum atomic E-state index is 12.3. The minimum Gasteiger partial charge on any atom is -0.355 e. The van der Waals surface area contributed by atoms with Gasteiger partial charge in [0.2, 0.25) is 5.91 Å². The summed E-state index contributed by atoms with van der Waals surface area (Å²) in [7, 11) is 1.58. The van der Waals surface area contributed by atoms with E-state index < -0.39 is 0 Å². The van der Waals surface area contributed by atoms with Crippen molar-refractivity contribution in [1.82, 2.24) is 10.3 Å². The molecule has 0 fully saturated rings. The number of fused-ring (bicyclic) bond motifs is 1. The van der Waals surface area contributed by atoms with Crippen molar-refractivity contribution in [3.8, 4) is 0 Å². The number of aryl methyl sites for hydroxylation is 3. The lowest BCUT2D eigenvalue weighted by Crippen LogP contribution is -2.18. The largest absolute Gasteiger partial charge is 0.355 e. The van der Waals surface area contributed by atoms with Crippen LogP contribution in [0.15, 0.2) is 47.5 Å². The van der Waals surface area contributed by atoms with E-state index in [2.05, 4.69) is 43.5 Å². The minimum atomic E-state index is -0.156. The van der Waals surface area contributed by atoms with Gasteiger partial charge in [0.05, 0.1) is 16.3 Å². The molecule has 0 aliphatic rings. The SMILES string of the molecule is CNC(=O)c1ccc(NC(=O)CSc2cc(C)c3ccc(C)c(C)c3n2)cc1. The van der Waals surface area contributed by atoms with Crippen molar-refractivity contribution in [3.63, 3.8) is 0 Å². The van der Waals surface area contributed by atoms with Gasteiger partial charge in [0.25, 0.3) is 5.91 Å². The zero-order chi connectivity index (χ0) is 20.3. The van der Waals surface area contributed by atoms with Gasteiger partial charge in [-0.1, -0.05) is 23.9 Å². The first-order valence-corrected chi connectivity index (χ1v) is 10.00. The van der Waals surface area contributed by atoms with Crippen LogP contribution in [-0.2, 0) is 4.79 Å². The van der Waals surface area contributed by atoms with E-state index in [1.54, 1.807) is 31.3 Å². The fourth-order valence-corrected chi connectivity index (χ4v) is 3.70. The Kier molecular flexibility index (Phi) is 5.99. The van der Waals surface area contributed by atoms with Gasteiger partial charge < -0.3 is 10.6 Å². The van der Waals surface area contributed by atoms with Crippen LogP contribution in [0.5, 0.6) is 0 Å². The third-order valence-electron chi connectivity index (χ3n) is 4.70. The summed E-state index contributed by atoms with van der Waals surface area (Å²) >= 11 is 1.42. The van der Waals surface area contributed by atoms with Crippen LogP contribution in [0.25, 0.3) is 10.9 Å². The topological polar surface area (TPSA) is 71.1 Å². The Bertz CT molecular complexity index is 1050. The second-order valence-electron chi connectivity index (χ2n) is 6.67. The number of thioether (sulfide) groups is 1. The van der Waals surface area contributed by atoms with Gasteiger partial charge in [-0.2, -0.15) is 0 Å². The molecule has 1 aromatic heterocycles. The zero-order valence-corrected chi connectivity index (χ0v) is 17.2. The van der Waals surface area contributed by atoms with E-state index in [0.717, 1.165) is 21.5 Å². The summed E-state index contributed by atoms with van der Waals surface area (Å²) < 4.78 is 0. The fourth-order valence-electron chi connectivity index (χ4n) is 2.93. The van der Waals surface area contributed by atoms with Crippen LogP contribution in [0.1, 0.15) is 27.0 Å². The zero-order valence-electron chi connectivity index (χ0n) is 16.4. The highest BCUT2D eigenvalue weighted by molar-refractivity contribution is 7.99. The molecule has 0 unspecified atom stereocenters. The van der Waals surface area contributed by atoms with Crippen molar-refractivity contribution in [2.24, 2.45) is 0 Å². The maximum absolute atomic E-state index is 12.3. The Morgan fingerprint density at radius 1 is 1.00 bits per heavy atom. The molecule has 144 valence electrons. The van der Waals surface area contributed by atoms with Gasteiger partial charge in [-0.3, -0.25) is 9.59 Å². The van der Waals surface area contributed by atoms with Crippen LogP contribution >= 0.6 is 11.8 Å². The molecule has 2 amide bonds. The van der Waals surface area contributed by atoms with E-state index >= 15 is 0 Å². The van der Waals surface area contributed by atoms with Crippen molar-refractivity contribution in [3.05, 3.63) is 64.7 Å². The first kappa shape index (κ1) is 19.9. The first-order chi connectivity index (χ1) is 13.4. The molecule has 5 nitrogen and oxygen atoms in total. The van der Waals surface area contributed by atoms with Crippen LogP contribution < -0.4 is 10.6 Å². The summed E-state index contributed by atoms with van der Waals surface area (Å²) in [6.45, 7) is 6.22. The molecule has 0 atom stereocenters. The molecular formula is C22H23N3O2S. The second-order valence-corrected chi connectivity index (χ2v) is 7.67. The molecule has 2 N–H and O–H groups in total. The lowest BCUT2D eigenvalue weighted by molar-refractivity contribution is -0.113. The van der Waals surface area contributed by atoms with E-state index in [0.29, 0.717) is 11.3 Å². The van der Waals surface area contributed by atoms with Crippen LogP contribution in [0.4, 0.5) is 5.69 Å². The van der Waals surface area contributed by atoms with E-state index in [4.69, 9.17) is 4.98 Å². The van der Waals surface area contributed by atoms with Crippen molar-refractivity contribution in [2.45, 2.75) is 25.8 Å². The van der Waals surface area contributed by atoms with Crippen molar-refractivity contribution in [2.75, 3.05) is 18.1 Å². The predicted molar refractivity (Wildman–Crippen MR) is 115 cm³/mol. The van der Waals surface area contributed by atoms with Gasteiger partial charge in [-0.15, -0.1) is 0 Å². The van der Waals surface area contributed by atoms with Gasteiger partial charge in [0.15, 0.2) is 0 Å². The van der Waals surface area contributed by atoms with Crippen LogP contribution in [-0.4, -0.2) is 29.6 Å². The van der Waals surface area contributed by atoms with E-state index in [1.807, 2.05) is 6.07 Å². The molecule has 0 aliphatic carbocycles. The molecule has 0 aliphatic heterocycles. The quantitative estimate of drug-likeness (QED) is 0.636. The second kappa shape index (κ2) is 8.44. The number of carbonyl (C=O) groups excluding carboxylic acids is 2. The van der Waals surface area contributed by atoms with E-state index in [9.17, 15) is 9.59 Å². The Morgan fingerprint density at radius 2 is 1.71 bits per heavy atom. The molecule has 1 heterocycles. The summed E-state index contributed by atoms with van der Waals surface area (Å²) in [4.78, 5) is 28.6. The number of rotatable bonds is 5. The van der Waals surface area contributed by atoms with Gasteiger partial charge >= 0.3 is 0 Å². The molecule has 28 heavy (non-hydrogen) atoms. The van der Waals surface area contributed by atoms with Crippen molar-refractivity contribution < 1.29 is 9.59 Å². The van der Waals surface area contributed by atoms with Gasteiger partial charge in [-0.05, 0) is 67.8 Å². The standard InChI is InChI=1S/C22H23N3O2S/c1-13-5-10-18-14(2)11-20(25-21(18)15(13)3)28-12-19(26)24-17-8-6-16(7-9-17)22(27)23-4/h5-11H,12H2,1-4H3,(H,23,27)(H,24,26). The average Bonchev–Trinajstić information content (AvgIpc) is 2.69. The highest BCUT2D eigenvalue weighted by atomic mass is 32.2. The minimum absolute atomic E-state index is 0.113. The Morgan fingerprint density at radius 3 is 2.39 bits per heavy atom. The molecule has 0 spiro atoms. The highest BCUT2D eigenvalue weighted by Crippen LogP contribution is 2.27. The number of carbonyl (C=O) groups is 2. The Labute approximate surface area is 168 Å². The van der Waals surface area contributed by atoms with E-state index in [1.165, 1.54) is 22.9 Å². The van der Waals surface area contributed by atoms with Crippen LogP contribution in [0.2, 0.25) is 0 Å². The number of nitrogens with one attached hydrogen (secondary N) is 2. The third kappa shape index (κ3) is 4.34. The number of anilines is 1. The van der Waals surface area contributed by atoms with E-state index in [-0.39, 0.29) is 17.6 Å². The lowest BCUT2D eigenvalue weighted by Gasteiger charge is -2.10. The maximum Gasteiger partial charge on any atom is 0.251 e. The van der Waals surface area contributed by atoms with Crippen molar-refractivity contribution in [1.29, 1.82) is 0 Å².